The van der Waals surface area contributed by atoms with Crippen molar-refractivity contribution in [3.05, 3.63) is 26.1 Å². The first-order chi connectivity index (χ1) is 11.7. The van der Waals surface area contributed by atoms with Crippen LogP contribution in [0.4, 0.5) is 0 Å². The second-order valence-corrected chi connectivity index (χ2v) is 7.43. The normalized spacial score (nSPS) is 21.1. The zero-order chi connectivity index (χ0) is 18.5. The largest absolute Gasteiger partial charge is 0.341 e. The molecule has 0 bridgehead atoms. The van der Waals surface area contributed by atoms with Crippen LogP contribution in [0.25, 0.3) is 11.2 Å². The van der Waals surface area contributed by atoms with E-state index in [2.05, 4.69) is 18.8 Å². The predicted octanol–water partition coefficient (Wildman–Crippen LogP) is 0.592. The van der Waals surface area contributed by atoms with Crippen molar-refractivity contribution in [1.82, 2.24) is 23.6 Å². The van der Waals surface area contributed by atoms with Crippen molar-refractivity contribution < 1.29 is 4.79 Å². The van der Waals surface area contributed by atoms with Gasteiger partial charge in [0.05, 0.1) is 0 Å². The fraction of sp³-hybridized carbons (Fsp3) is 0.625. The minimum absolute atomic E-state index is 0.0276. The van der Waals surface area contributed by atoms with E-state index in [1.54, 1.807) is 0 Å². The molecule has 0 aliphatic carbocycles. The average Bonchev–Trinajstić information content (AvgIpc) is 2.87. The third-order valence-electron chi connectivity index (χ3n) is 4.82. The summed E-state index contributed by atoms with van der Waals surface area (Å²) in [6, 6.07) is 0. The van der Waals surface area contributed by atoms with Gasteiger partial charge in [0.25, 0.3) is 5.56 Å². The molecule has 1 aliphatic heterocycles. The Balaban J connectivity index is 2.02. The van der Waals surface area contributed by atoms with Gasteiger partial charge in [-0.05, 0) is 29.9 Å². The Hall–Kier alpha value is -2.09. The van der Waals surface area contributed by atoms with Crippen LogP contribution in [-0.4, -0.2) is 42.6 Å². The number of aryl methyl sites for hydroxylation is 1. The van der Waals surface area contributed by atoms with Crippen molar-refractivity contribution in [1.29, 1.82) is 0 Å². The Bertz CT molecular complexity index is 947. The molecule has 25 heavy (non-hydrogen) atoms. The van der Waals surface area contributed by atoms with Crippen molar-refractivity contribution in [2.75, 3.05) is 13.1 Å². The molecule has 2 unspecified atom stereocenters. The molecule has 3 rings (SSSR count). The van der Waals surface area contributed by atoms with Crippen molar-refractivity contribution in [3.8, 4) is 0 Å². The minimum Gasteiger partial charge on any atom is -0.341 e. The van der Waals surface area contributed by atoms with Gasteiger partial charge in [-0.1, -0.05) is 13.8 Å². The van der Waals surface area contributed by atoms with Crippen molar-refractivity contribution >= 4 is 28.7 Å². The molecule has 1 aliphatic rings. The molecular weight excluding hydrogens is 346 g/mol. The monoisotopic (exact) mass is 367 g/mol. The lowest BCUT2D eigenvalue weighted by Crippen LogP contribution is -2.44. The van der Waals surface area contributed by atoms with E-state index >= 15 is 0 Å². The zero-order valence-electron chi connectivity index (χ0n) is 14.8. The summed E-state index contributed by atoms with van der Waals surface area (Å²) in [4.78, 5) is 43.2. The minimum atomic E-state index is -0.509. The molecule has 1 saturated heterocycles. The SMILES string of the molecule is CC1CC(C)CN(C(=O)Cn2c(Cl)nc3c2c(=O)n(C)c(=O)n3C)C1. The van der Waals surface area contributed by atoms with Gasteiger partial charge in [0, 0.05) is 27.2 Å². The van der Waals surface area contributed by atoms with E-state index in [-0.39, 0.29) is 28.9 Å². The second-order valence-electron chi connectivity index (χ2n) is 7.09. The number of aromatic nitrogens is 4. The van der Waals surface area contributed by atoms with E-state index in [1.807, 2.05) is 4.90 Å². The maximum atomic E-state index is 12.7. The summed E-state index contributed by atoms with van der Waals surface area (Å²) in [5.74, 6) is 0.781. The fourth-order valence-corrected chi connectivity index (χ4v) is 3.89. The summed E-state index contributed by atoms with van der Waals surface area (Å²) in [6.07, 6.45) is 1.10. The van der Waals surface area contributed by atoms with Gasteiger partial charge in [0.1, 0.15) is 6.54 Å². The standard InChI is InChI=1S/C16H22ClN5O3/c1-9-5-10(2)7-21(6-9)11(23)8-22-12-13(18-15(22)17)19(3)16(25)20(4)14(12)24/h9-10H,5-8H2,1-4H3. The highest BCUT2D eigenvalue weighted by atomic mass is 35.5. The number of hydrogen-bond acceptors (Lipinski definition) is 4. The summed E-state index contributed by atoms with van der Waals surface area (Å²) in [5, 5.41) is 0.0276. The van der Waals surface area contributed by atoms with Gasteiger partial charge in [-0.3, -0.25) is 23.3 Å². The van der Waals surface area contributed by atoms with E-state index < -0.39 is 11.2 Å². The lowest BCUT2D eigenvalue weighted by atomic mass is 9.92. The van der Waals surface area contributed by atoms with Crippen LogP contribution in [0, 0.1) is 11.8 Å². The Morgan fingerprint density at radius 3 is 2.36 bits per heavy atom. The van der Waals surface area contributed by atoms with Crippen molar-refractivity contribution in [3.63, 3.8) is 0 Å². The van der Waals surface area contributed by atoms with Crippen molar-refractivity contribution in [2.45, 2.75) is 26.8 Å². The number of fused-ring (bicyclic) bond motifs is 1. The molecule has 0 N–H and O–H groups in total. The van der Waals surface area contributed by atoms with Gasteiger partial charge in [-0.15, -0.1) is 0 Å². The van der Waals surface area contributed by atoms with Gasteiger partial charge < -0.3 is 4.90 Å². The maximum absolute atomic E-state index is 12.7. The number of likely N-dealkylation sites (tertiary alicyclic amines) is 1. The number of piperidine rings is 1. The molecule has 8 nitrogen and oxygen atoms in total. The molecule has 0 radical (unpaired) electrons. The molecule has 9 heteroatoms. The summed E-state index contributed by atoms with van der Waals surface area (Å²) in [7, 11) is 2.92. The number of rotatable bonds is 2. The van der Waals surface area contributed by atoms with E-state index in [4.69, 9.17) is 11.6 Å². The fourth-order valence-electron chi connectivity index (χ4n) is 3.67. The molecule has 136 valence electrons. The quantitative estimate of drug-likeness (QED) is 0.727. The Morgan fingerprint density at radius 2 is 1.76 bits per heavy atom. The van der Waals surface area contributed by atoms with Crippen LogP contribution in [0.5, 0.6) is 0 Å². The molecule has 2 atom stereocenters. The van der Waals surface area contributed by atoms with Crippen LogP contribution >= 0.6 is 11.6 Å². The second kappa shape index (κ2) is 6.33. The van der Waals surface area contributed by atoms with E-state index in [1.165, 1.54) is 23.2 Å². The Labute approximate surface area is 149 Å². The summed E-state index contributed by atoms with van der Waals surface area (Å²) in [5.41, 5.74) is -0.637. The highest BCUT2D eigenvalue weighted by molar-refractivity contribution is 6.29. The van der Waals surface area contributed by atoms with Crippen LogP contribution in [0.15, 0.2) is 9.59 Å². The number of imidazole rings is 1. The van der Waals surface area contributed by atoms with Gasteiger partial charge in [-0.2, -0.15) is 4.98 Å². The molecule has 1 amide bonds. The molecule has 0 saturated carbocycles. The number of nitrogens with zero attached hydrogens (tertiary/aromatic N) is 5. The summed E-state index contributed by atoms with van der Waals surface area (Å²) in [6.45, 7) is 5.58. The third kappa shape index (κ3) is 2.99. The zero-order valence-corrected chi connectivity index (χ0v) is 15.6. The Kier molecular flexibility index (Phi) is 4.49. The number of halogens is 1. The van der Waals surface area contributed by atoms with Gasteiger partial charge in [0.2, 0.25) is 11.2 Å². The molecule has 1 fully saturated rings. The lowest BCUT2D eigenvalue weighted by molar-refractivity contribution is -0.134. The predicted molar refractivity (Wildman–Crippen MR) is 94.8 cm³/mol. The van der Waals surface area contributed by atoms with E-state index in [0.29, 0.717) is 24.9 Å². The van der Waals surface area contributed by atoms with Crippen molar-refractivity contribution in [2.24, 2.45) is 25.9 Å². The van der Waals surface area contributed by atoms with E-state index in [9.17, 15) is 14.4 Å². The summed E-state index contributed by atoms with van der Waals surface area (Å²) < 4.78 is 3.64. The topological polar surface area (TPSA) is 82.1 Å². The third-order valence-corrected chi connectivity index (χ3v) is 5.10. The molecule has 0 aromatic carbocycles. The number of carbonyl (C=O) groups is 1. The maximum Gasteiger partial charge on any atom is 0.332 e. The van der Waals surface area contributed by atoms with Gasteiger partial charge >= 0.3 is 5.69 Å². The first kappa shape index (κ1) is 17.7. The molecule has 0 spiro atoms. The smallest absolute Gasteiger partial charge is 0.332 e. The van der Waals surface area contributed by atoms with Crippen LogP contribution in [-0.2, 0) is 25.4 Å². The highest BCUT2D eigenvalue weighted by Crippen LogP contribution is 2.22. The van der Waals surface area contributed by atoms with Gasteiger partial charge in [-0.25, -0.2) is 4.79 Å². The summed E-state index contributed by atoms with van der Waals surface area (Å²) >= 11 is 6.17. The molecule has 2 aromatic heterocycles. The average molecular weight is 368 g/mol. The number of carbonyl (C=O) groups excluding carboxylic acids is 1. The van der Waals surface area contributed by atoms with Crippen LogP contribution < -0.4 is 11.2 Å². The number of hydrogen-bond donors (Lipinski definition) is 0. The molecule has 3 heterocycles. The Morgan fingerprint density at radius 1 is 1.16 bits per heavy atom. The lowest BCUT2D eigenvalue weighted by Gasteiger charge is -2.35. The van der Waals surface area contributed by atoms with Crippen LogP contribution in [0.3, 0.4) is 0 Å². The van der Waals surface area contributed by atoms with Crippen LogP contribution in [0.2, 0.25) is 5.28 Å². The first-order valence-electron chi connectivity index (χ1n) is 8.30. The number of amides is 1. The van der Waals surface area contributed by atoms with E-state index in [0.717, 1.165) is 11.0 Å². The van der Waals surface area contributed by atoms with Crippen LogP contribution in [0.1, 0.15) is 20.3 Å². The molecular formula is C16H22ClN5O3. The first-order valence-corrected chi connectivity index (χ1v) is 8.68. The highest BCUT2D eigenvalue weighted by Gasteiger charge is 2.27. The molecule has 2 aromatic rings. The van der Waals surface area contributed by atoms with Gasteiger partial charge in [0.15, 0.2) is 11.2 Å².